The van der Waals surface area contributed by atoms with Crippen LogP contribution in [0.4, 0.5) is 0 Å². The van der Waals surface area contributed by atoms with Crippen LogP contribution < -0.4 is 5.32 Å². The number of rotatable bonds is 7. The van der Waals surface area contributed by atoms with Gasteiger partial charge in [0.15, 0.2) is 0 Å². The molecule has 0 amide bonds. The van der Waals surface area contributed by atoms with Gasteiger partial charge in [-0.05, 0) is 50.0 Å². The van der Waals surface area contributed by atoms with Gasteiger partial charge in [-0.25, -0.2) is 0 Å². The van der Waals surface area contributed by atoms with Crippen molar-refractivity contribution in [1.29, 1.82) is 0 Å². The molecule has 1 unspecified atom stereocenters. The predicted molar refractivity (Wildman–Crippen MR) is 74.8 cm³/mol. The highest BCUT2D eigenvalue weighted by atomic mass is 16.3. The van der Waals surface area contributed by atoms with E-state index in [9.17, 15) is 10.2 Å². The lowest BCUT2D eigenvalue weighted by molar-refractivity contribution is 0.0513. The van der Waals surface area contributed by atoms with E-state index < -0.39 is 5.60 Å². The Balaban J connectivity index is 2.36. The fourth-order valence-corrected chi connectivity index (χ4v) is 1.89. The standard InChI is InChI=1S/C15H25NO2/c1-12(2)11-16-9-8-15(3,18)10-13-4-6-14(17)7-5-13/h4-7,12,16-18H,8-11H2,1-3H3. The van der Waals surface area contributed by atoms with Crippen molar-refractivity contribution in [3.63, 3.8) is 0 Å². The Labute approximate surface area is 110 Å². The Hall–Kier alpha value is -1.06. The van der Waals surface area contributed by atoms with Crippen molar-refractivity contribution in [3.8, 4) is 5.75 Å². The normalized spacial score (nSPS) is 14.7. The summed E-state index contributed by atoms with van der Waals surface area (Å²) in [6.45, 7) is 8.00. The summed E-state index contributed by atoms with van der Waals surface area (Å²) in [4.78, 5) is 0. The SMILES string of the molecule is CC(C)CNCCC(C)(O)Cc1ccc(O)cc1. The molecule has 3 heteroatoms. The molecule has 0 aliphatic heterocycles. The number of phenols is 1. The lowest BCUT2D eigenvalue weighted by atomic mass is 9.93. The first-order valence-electron chi connectivity index (χ1n) is 6.60. The number of aromatic hydroxyl groups is 1. The zero-order valence-electron chi connectivity index (χ0n) is 11.6. The summed E-state index contributed by atoms with van der Waals surface area (Å²) in [5.41, 5.74) is 0.336. The molecule has 1 aromatic rings. The van der Waals surface area contributed by atoms with E-state index in [0.29, 0.717) is 12.3 Å². The number of benzene rings is 1. The molecule has 0 aromatic heterocycles. The van der Waals surface area contributed by atoms with Crippen LogP contribution in [0.1, 0.15) is 32.8 Å². The highest BCUT2D eigenvalue weighted by Crippen LogP contribution is 2.18. The van der Waals surface area contributed by atoms with E-state index in [1.54, 1.807) is 12.1 Å². The molecule has 102 valence electrons. The number of phenolic OH excluding ortho intramolecular Hbond substituents is 1. The maximum Gasteiger partial charge on any atom is 0.115 e. The summed E-state index contributed by atoms with van der Waals surface area (Å²) >= 11 is 0. The number of aliphatic hydroxyl groups is 1. The summed E-state index contributed by atoms with van der Waals surface area (Å²) in [5, 5.41) is 22.8. The summed E-state index contributed by atoms with van der Waals surface area (Å²) in [5.74, 6) is 0.893. The van der Waals surface area contributed by atoms with Crippen molar-refractivity contribution >= 4 is 0 Å². The van der Waals surface area contributed by atoms with Gasteiger partial charge < -0.3 is 15.5 Å². The second-order valence-corrected chi connectivity index (χ2v) is 5.69. The van der Waals surface area contributed by atoms with Crippen LogP contribution in [0.15, 0.2) is 24.3 Å². The molecule has 1 atom stereocenters. The van der Waals surface area contributed by atoms with Gasteiger partial charge in [0.2, 0.25) is 0 Å². The lowest BCUT2D eigenvalue weighted by Gasteiger charge is -2.24. The summed E-state index contributed by atoms with van der Waals surface area (Å²) in [7, 11) is 0. The van der Waals surface area contributed by atoms with Gasteiger partial charge >= 0.3 is 0 Å². The van der Waals surface area contributed by atoms with Crippen LogP contribution in [0.3, 0.4) is 0 Å². The van der Waals surface area contributed by atoms with Crippen molar-refractivity contribution in [2.45, 2.75) is 39.2 Å². The molecule has 3 N–H and O–H groups in total. The smallest absolute Gasteiger partial charge is 0.115 e. The van der Waals surface area contributed by atoms with E-state index in [4.69, 9.17) is 0 Å². The van der Waals surface area contributed by atoms with Crippen molar-refractivity contribution in [1.82, 2.24) is 5.32 Å². The predicted octanol–water partition coefficient (Wildman–Crippen LogP) is 2.32. The van der Waals surface area contributed by atoms with E-state index >= 15 is 0 Å². The highest BCUT2D eigenvalue weighted by molar-refractivity contribution is 5.26. The summed E-state index contributed by atoms with van der Waals surface area (Å²) in [6, 6.07) is 7.02. The molecule has 18 heavy (non-hydrogen) atoms. The Kier molecular flexibility index (Phi) is 5.63. The molecule has 1 aromatic carbocycles. The minimum absolute atomic E-state index is 0.261. The first kappa shape index (κ1) is 15.0. The van der Waals surface area contributed by atoms with Gasteiger partial charge in [-0.3, -0.25) is 0 Å². The fourth-order valence-electron chi connectivity index (χ4n) is 1.89. The van der Waals surface area contributed by atoms with Crippen molar-refractivity contribution < 1.29 is 10.2 Å². The molecule has 0 fully saturated rings. The minimum Gasteiger partial charge on any atom is -0.508 e. The van der Waals surface area contributed by atoms with Crippen LogP contribution in [0, 0.1) is 5.92 Å². The quantitative estimate of drug-likeness (QED) is 0.652. The number of hydrogen-bond acceptors (Lipinski definition) is 3. The van der Waals surface area contributed by atoms with Crippen LogP contribution in [0.25, 0.3) is 0 Å². The van der Waals surface area contributed by atoms with Crippen LogP contribution in [-0.4, -0.2) is 28.9 Å². The first-order valence-corrected chi connectivity index (χ1v) is 6.60. The van der Waals surface area contributed by atoms with E-state index in [1.807, 2.05) is 19.1 Å². The molecule has 0 radical (unpaired) electrons. The molecule has 0 spiro atoms. The average Bonchev–Trinajstić information content (AvgIpc) is 2.27. The van der Waals surface area contributed by atoms with Crippen molar-refractivity contribution in [2.24, 2.45) is 5.92 Å². The van der Waals surface area contributed by atoms with Gasteiger partial charge in [0.05, 0.1) is 5.60 Å². The Morgan fingerprint density at radius 2 is 1.83 bits per heavy atom. The van der Waals surface area contributed by atoms with Crippen LogP contribution >= 0.6 is 0 Å². The minimum atomic E-state index is -0.707. The Morgan fingerprint density at radius 3 is 2.39 bits per heavy atom. The molecule has 3 nitrogen and oxygen atoms in total. The maximum absolute atomic E-state index is 10.3. The van der Waals surface area contributed by atoms with Crippen LogP contribution in [-0.2, 0) is 6.42 Å². The zero-order chi connectivity index (χ0) is 13.6. The number of hydrogen-bond donors (Lipinski definition) is 3. The molecule has 0 heterocycles. The Bertz CT molecular complexity index is 344. The van der Waals surface area contributed by atoms with Gasteiger partial charge in [-0.1, -0.05) is 26.0 Å². The van der Waals surface area contributed by atoms with E-state index in [1.165, 1.54) is 0 Å². The van der Waals surface area contributed by atoms with Crippen molar-refractivity contribution in [3.05, 3.63) is 29.8 Å². The van der Waals surface area contributed by atoms with Gasteiger partial charge in [0.25, 0.3) is 0 Å². The zero-order valence-corrected chi connectivity index (χ0v) is 11.6. The Morgan fingerprint density at radius 1 is 1.22 bits per heavy atom. The first-order chi connectivity index (χ1) is 8.39. The lowest BCUT2D eigenvalue weighted by Crippen LogP contribution is -2.33. The molecular formula is C15H25NO2. The van der Waals surface area contributed by atoms with Crippen LogP contribution in [0.5, 0.6) is 5.75 Å². The van der Waals surface area contributed by atoms with Crippen molar-refractivity contribution in [2.75, 3.05) is 13.1 Å². The van der Waals surface area contributed by atoms with E-state index in [0.717, 1.165) is 25.1 Å². The summed E-state index contributed by atoms with van der Waals surface area (Å²) in [6.07, 6.45) is 1.33. The summed E-state index contributed by atoms with van der Waals surface area (Å²) < 4.78 is 0. The van der Waals surface area contributed by atoms with Gasteiger partial charge in [0, 0.05) is 6.42 Å². The van der Waals surface area contributed by atoms with E-state index in [-0.39, 0.29) is 5.75 Å². The molecule has 0 aliphatic rings. The monoisotopic (exact) mass is 251 g/mol. The third-order valence-corrected chi connectivity index (χ3v) is 2.91. The van der Waals surface area contributed by atoms with Gasteiger partial charge in [0.1, 0.15) is 5.75 Å². The molecule has 1 rings (SSSR count). The molecule has 0 aliphatic carbocycles. The average molecular weight is 251 g/mol. The molecule has 0 bridgehead atoms. The second kappa shape index (κ2) is 6.76. The maximum atomic E-state index is 10.3. The van der Waals surface area contributed by atoms with Gasteiger partial charge in [-0.2, -0.15) is 0 Å². The molecule has 0 saturated carbocycles. The van der Waals surface area contributed by atoms with Crippen LogP contribution in [0.2, 0.25) is 0 Å². The third kappa shape index (κ3) is 6.03. The topological polar surface area (TPSA) is 52.5 Å². The van der Waals surface area contributed by atoms with E-state index in [2.05, 4.69) is 19.2 Å². The number of nitrogens with one attached hydrogen (secondary N) is 1. The second-order valence-electron chi connectivity index (χ2n) is 5.69. The third-order valence-electron chi connectivity index (χ3n) is 2.91. The molecular weight excluding hydrogens is 226 g/mol. The molecule has 0 saturated heterocycles. The largest absolute Gasteiger partial charge is 0.508 e. The highest BCUT2D eigenvalue weighted by Gasteiger charge is 2.20. The fraction of sp³-hybridized carbons (Fsp3) is 0.600. The van der Waals surface area contributed by atoms with Gasteiger partial charge in [-0.15, -0.1) is 0 Å².